The molecule has 0 aliphatic heterocycles. The summed E-state index contributed by atoms with van der Waals surface area (Å²) in [4.78, 5) is 0. The van der Waals surface area contributed by atoms with E-state index >= 15 is 0 Å². The van der Waals surface area contributed by atoms with Crippen molar-refractivity contribution in [3.8, 4) is 5.75 Å². The fourth-order valence-corrected chi connectivity index (χ4v) is 1.36. The molecule has 1 atom stereocenters. The Hall–Kier alpha value is -0.990. The summed E-state index contributed by atoms with van der Waals surface area (Å²) in [6, 6.07) is 5.20. The molecule has 0 saturated carbocycles. The van der Waals surface area contributed by atoms with Crippen molar-refractivity contribution in [1.29, 1.82) is 0 Å². The summed E-state index contributed by atoms with van der Waals surface area (Å²) >= 11 is 5.84. The molecule has 1 N–H and O–H groups in total. The second-order valence-corrected chi connectivity index (χ2v) is 4.04. The number of aliphatic hydroxyl groups excluding tert-OH is 1. The lowest BCUT2D eigenvalue weighted by Crippen LogP contribution is -2.02. The van der Waals surface area contributed by atoms with Gasteiger partial charge in [0, 0.05) is 10.6 Å². The third kappa shape index (κ3) is 3.57. The van der Waals surface area contributed by atoms with Crippen LogP contribution in [-0.2, 0) is 0 Å². The van der Waals surface area contributed by atoms with E-state index in [0.29, 0.717) is 22.9 Å². The van der Waals surface area contributed by atoms with Crippen LogP contribution >= 0.6 is 11.6 Å². The maximum absolute atomic E-state index is 9.53. The summed E-state index contributed by atoms with van der Waals surface area (Å²) in [5.41, 5.74) is 1.63. The van der Waals surface area contributed by atoms with Gasteiger partial charge in [0.1, 0.15) is 12.4 Å². The van der Waals surface area contributed by atoms with Gasteiger partial charge in [-0.1, -0.05) is 18.2 Å². The Balaban J connectivity index is 2.90. The summed E-state index contributed by atoms with van der Waals surface area (Å²) in [6.45, 7) is 7.76. The molecule has 0 saturated heterocycles. The number of halogens is 1. The Morgan fingerprint density at radius 3 is 2.80 bits per heavy atom. The average molecular weight is 227 g/mol. The standard InChI is InChI=1S/C12H15ClO2/c1-8(2)7-15-12-5-4-10(13)6-11(12)9(3)14/h4-6,9,14H,1,7H2,2-3H3. The second kappa shape index (κ2) is 5.19. The third-order valence-corrected chi connectivity index (χ3v) is 2.13. The molecule has 0 aliphatic rings. The van der Waals surface area contributed by atoms with Gasteiger partial charge >= 0.3 is 0 Å². The number of ether oxygens (including phenoxy) is 1. The van der Waals surface area contributed by atoms with Gasteiger partial charge < -0.3 is 9.84 Å². The van der Waals surface area contributed by atoms with Gasteiger partial charge in [0.15, 0.2) is 0 Å². The summed E-state index contributed by atoms with van der Waals surface area (Å²) < 4.78 is 5.50. The van der Waals surface area contributed by atoms with Gasteiger partial charge in [-0.05, 0) is 37.6 Å². The molecule has 1 unspecified atom stereocenters. The molecule has 1 rings (SSSR count). The number of aliphatic hydroxyl groups is 1. The van der Waals surface area contributed by atoms with E-state index in [9.17, 15) is 5.11 Å². The molecule has 0 amide bonds. The van der Waals surface area contributed by atoms with Gasteiger partial charge in [0.25, 0.3) is 0 Å². The zero-order valence-corrected chi connectivity index (χ0v) is 9.71. The molecule has 3 heteroatoms. The first-order valence-electron chi connectivity index (χ1n) is 4.75. The highest BCUT2D eigenvalue weighted by molar-refractivity contribution is 6.30. The summed E-state index contributed by atoms with van der Waals surface area (Å²) in [5.74, 6) is 0.650. The van der Waals surface area contributed by atoms with Crippen LogP contribution in [-0.4, -0.2) is 11.7 Å². The first-order chi connectivity index (χ1) is 7.00. The maximum Gasteiger partial charge on any atom is 0.125 e. The molecule has 2 nitrogen and oxygen atoms in total. The molecular weight excluding hydrogens is 212 g/mol. The molecule has 0 radical (unpaired) electrons. The number of hydrogen-bond donors (Lipinski definition) is 1. The van der Waals surface area contributed by atoms with Crippen molar-refractivity contribution in [2.75, 3.05) is 6.61 Å². The molecule has 0 spiro atoms. The van der Waals surface area contributed by atoms with Crippen molar-refractivity contribution in [3.05, 3.63) is 40.9 Å². The van der Waals surface area contributed by atoms with Gasteiger partial charge in [-0.3, -0.25) is 0 Å². The van der Waals surface area contributed by atoms with E-state index in [1.807, 2.05) is 6.92 Å². The zero-order valence-electron chi connectivity index (χ0n) is 8.96. The van der Waals surface area contributed by atoms with E-state index in [-0.39, 0.29) is 0 Å². The Morgan fingerprint density at radius 1 is 1.60 bits per heavy atom. The van der Waals surface area contributed by atoms with E-state index < -0.39 is 6.10 Å². The van der Waals surface area contributed by atoms with Crippen LogP contribution in [0.2, 0.25) is 5.02 Å². The largest absolute Gasteiger partial charge is 0.489 e. The first kappa shape index (κ1) is 12.1. The monoisotopic (exact) mass is 226 g/mol. The molecule has 15 heavy (non-hydrogen) atoms. The van der Waals surface area contributed by atoms with Gasteiger partial charge in [0.05, 0.1) is 6.10 Å². The summed E-state index contributed by atoms with van der Waals surface area (Å²) in [6.07, 6.45) is -0.594. The van der Waals surface area contributed by atoms with Crippen LogP contribution in [0.25, 0.3) is 0 Å². The van der Waals surface area contributed by atoms with Gasteiger partial charge in [-0.25, -0.2) is 0 Å². The quantitative estimate of drug-likeness (QED) is 0.798. The minimum Gasteiger partial charge on any atom is -0.489 e. The van der Waals surface area contributed by atoms with Crippen LogP contribution in [0, 0.1) is 0 Å². The maximum atomic E-state index is 9.53. The molecule has 0 bridgehead atoms. The van der Waals surface area contributed by atoms with E-state index in [0.717, 1.165) is 5.57 Å². The lowest BCUT2D eigenvalue weighted by atomic mass is 10.1. The van der Waals surface area contributed by atoms with E-state index in [1.165, 1.54) is 0 Å². The van der Waals surface area contributed by atoms with Crippen LogP contribution in [0.4, 0.5) is 0 Å². The van der Waals surface area contributed by atoms with Crippen molar-refractivity contribution < 1.29 is 9.84 Å². The molecule has 0 aliphatic carbocycles. The minimum atomic E-state index is -0.594. The van der Waals surface area contributed by atoms with Crippen molar-refractivity contribution in [2.45, 2.75) is 20.0 Å². The SMILES string of the molecule is C=C(C)COc1ccc(Cl)cc1C(C)O. The Kier molecular flexibility index (Phi) is 4.18. The van der Waals surface area contributed by atoms with Crippen LogP contribution in [0.5, 0.6) is 5.75 Å². The summed E-state index contributed by atoms with van der Waals surface area (Å²) in [5, 5.41) is 10.1. The molecule has 0 heterocycles. The van der Waals surface area contributed by atoms with Gasteiger partial charge in [-0.15, -0.1) is 0 Å². The fourth-order valence-electron chi connectivity index (χ4n) is 1.18. The van der Waals surface area contributed by atoms with Crippen molar-refractivity contribution in [3.63, 3.8) is 0 Å². The first-order valence-corrected chi connectivity index (χ1v) is 5.13. The highest BCUT2D eigenvalue weighted by Gasteiger charge is 2.09. The Labute approximate surface area is 95.1 Å². The predicted molar refractivity (Wildman–Crippen MR) is 62.4 cm³/mol. The summed E-state index contributed by atoms with van der Waals surface area (Å²) in [7, 11) is 0. The van der Waals surface area contributed by atoms with Crippen molar-refractivity contribution in [2.24, 2.45) is 0 Å². The normalized spacial score (nSPS) is 12.3. The number of hydrogen-bond acceptors (Lipinski definition) is 2. The van der Waals surface area contributed by atoms with Crippen LogP contribution < -0.4 is 4.74 Å². The molecule has 1 aromatic carbocycles. The Bertz CT molecular complexity index is 359. The molecule has 0 aromatic heterocycles. The highest BCUT2D eigenvalue weighted by atomic mass is 35.5. The third-order valence-electron chi connectivity index (χ3n) is 1.90. The topological polar surface area (TPSA) is 29.5 Å². The van der Waals surface area contributed by atoms with Crippen LogP contribution in [0.3, 0.4) is 0 Å². The van der Waals surface area contributed by atoms with E-state index in [2.05, 4.69) is 6.58 Å². The Morgan fingerprint density at radius 2 is 2.27 bits per heavy atom. The number of rotatable bonds is 4. The zero-order chi connectivity index (χ0) is 11.4. The molecular formula is C12H15ClO2. The lowest BCUT2D eigenvalue weighted by Gasteiger charge is -2.13. The smallest absolute Gasteiger partial charge is 0.125 e. The van der Waals surface area contributed by atoms with Crippen LogP contribution in [0.1, 0.15) is 25.5 Å². The second-order valence-electron chi connectivity index (χ2n) is 3.60. The molecule has 1 aromatic rings. The average Bonchev–Trinajstić information content (AvgIpc) is 2.15. The molecule has 0 fully saturated rings. The highest BCUT2D eigenvalue weighted by Crippen LogP contribution is 2.28. The predicted octanol–water partition coefficient (Wildman–Crippen LogP) is 3.35. The molecule has 82 valence electrons. The van der Waals surface area contributed by atoms with Gasteiger partial charge in [0.2, 0.25) is 0 Å². The van der Waals surface area contributed by atoms with Crippen molar-refractivity contribution in [1.82, 2.24) is 0 Å². The number of benzene rings is 1. The fraction of sp³-hybridized carbons (Fsp3) is 0.333. The van der Waals surface area contributed by atoms with Gasteiger partial charge in [-0.2, -0.15) is 0 Å². The van der Waals surface area contributed by atoms with E-state index in [4.69, 9.17) is 16.3 Å². The lowest BCUT2D eigenvalue weighted by molar-refractivity contribution is 0.192. The van der Waals surface area contributed by atoms with E-state index in [1.54, 1.807) is 25.1 Å². The minimum absolute atomic E-state index is 0.446. The van der Waals surface area contributed by atoms with Crippen molar-refractivity contribution >= 4 is 11.6 Å². The van der Waals surface area contributed by atoms with Crippen LogP contribution in [0.15, 0.2) is 30.4 Å².